The molecule has 0 heterocycles. The Bertz CT molecular complexity index is 422. The number of benzene rings is 1. The summed E-state index contributed by atoms with van der Waals surface area (Å²) in [4.78, 5) is 0. The van der Waals surface area contributed by atoms with Gasteiger partial charge in [-0.1, -0.05) is 26.0 Å². The van der Waals surface area contributed by atoms with Crippen molar-refractivity contribution >= 4 is 18.1 Å². The van der Waals surface area contributed by atoms with E-state index < -0.39 is 11.9 Å². The predicted octanol–water partition coefficient (Wildman–Crippen LogP) is 3.69. The Hall–Kier alpha value is -0.800. The van der Waals surface area contributed by atoms with E-state index in [4.69, 9.17) is 5.73 Å². The second-order valence-corrected chi connectivity index (χ2v) is 5.86. The zero-order valence-electron chi connectivity index (χ0n) is 10.8. The van der Waals surface area contributed by atoms with Crippen molar-refractivity contribution in [3.63, 3.8) is 0 Å². The van der Waals surface area contributed by atoms with E-state index in [9.17, 15) is 9.50 Å². The molecule has 4 heteroatoms. The van der Waals surface area contributed by atoms with Gasteiger partial charge in [-0.2, -0.15) is 0 Å². The molecule has 1 aliphatic rings. The summed E-state index contributed by atoms with van der Waals surface area (Å²) in [6.07, 6.45) is 2.23. The molecule has 3 N–H and O–H groups in total. The molecule has 18 heavy (non-hydrogen) atoms. The second-order valence-electron chi connectivity index (χ2n) is 5.86. The molecule has 0 spiro atoms. The molecule has 0 bridgehead atoms. The fourth-order valence-electron chi connectivity index (χ4n) is 2.81. The highest BCUT2D eigenvalue weighted by Gasteiger charge is 2.36. The average Bonchev–Trinajstić information content (AvgIpc) is 2.62. The Kier molecular flexibility index (Phi) is 4.62. The highest BCUT2D eigenvalue weighted by atomic mass is 35.5. The van der Waals surface area contributed by atoms with E-state index in [-0.39, 0.29) is 29.4 Å². The minimum absolute atomic E-state index is 0. The summed E-state index contributed by atoms with van der Waals surface area (Å²) in [6.45, 7) is 4.38. The third-order valence-electron chi connectivity index (χ3n) is 3.83. The minimum atomic E-state index is -0.736. The van der Waals surface area contributed by atoms with Crippen molar-refractivity contribution in [3.8, 4) is 0 Å². The third kappa shape index (κ3) is 2.96. The lowest BCUT2D eigenvalue weighted by molar-refractivity contribution is 0.102. The molecule has 2 atom stereocenters. The standard InChI is InChI=1S/C14H20FNO.ClH/c1-14(2)7-6-9(8-14)13(17)10-4-3-5-11(16)12(10)15;/h3-5,9,13,17H,6-8,16H2,1-2H3;1H/t9-,13+;/m0./s1. The first-order valence-corrected chi connectivity index (χ1v) is 6.13. The maximum Gasteiger partial charge on any atom is 0.151 e. The smallest absolute Gasteiger partial charge is 0.151 e. The molecule has 1 saturated carbocycles. The molecule has 1 aromatic carbocycles. The number of aliphatic hydroxyl groups is 1. The van der Waals surface area contributed by atoms with E-state index in [1.54, 1.807) is 12.1 Å². The lowest BCUT2D eigenvalue weighted by atomic mass is 9.87. The Labute approximate surface area is 114 Å². The van der Waals surface area contributed by atoms with Crippen molar-refractivity contribution in [3.05, 3.63) is 29.6 Å². The van der Waals surface area contributed by atoms with Gasteiger partial charge in [0.1, 0.15) is 0 Å². The summed E-state index contributed by atoms with van der Waals surface area (Å²) in [6, 6.07) is 4.84. The van der Waals surface area contributed by atoms with Crippen LogP contribution in [-0.2, 0) is 0 Å². The van der Waals surface area contributed by atoms with Crippen molar-refractivity contribution in [1.29, 1.82) is 0 Å². The molecule has 0 unspecified atom stereocenters. The second kappa shape index (κ2) is 5.45. The molecule has 0 amide bonds. The topological polar surface area (TPSA) is 46.2 Å². The number of halogens is 2. The van der Waals surface area contributed by atoms with Crippen LogP contribution in [-0.4, -0.2) is 5.11 Å². The number of rotatable bonds is 2. The number of hydrogen-bond acceptors (Lipinski definition) is 2. The fourth-order valence-corrected chi connectivity index (χ4v) is 2.81. The maximum absolute atomic E-state index is 13.8. The zero-order valence-corrected chi connectivity index (χ0v) is 11.6. The van der Waals surface area contributed by atoms with Crippen LogP contribution >= 0.6 is 12.4 Å². The quantitative estimate of drug-likeness (QED) is 0.808. The molecular weight excluding hydrogens is 253 g/mol. The number of nitrogens with two attached hydrogens (primary N) is 1. The lowest BCUT2D eigenvalue weighted by Gasteiger charge is -2.22. The van der Waals surface area contributed by atoms with Gasteiger partial charge in [0.25, 0.3) is 0 Å². The molecule has 1 aromatic rings. The van der Waals surface area contributed by atoms with Crippen LogP contribution in [0.5, 0.6) is 0 Å². The molecule has 2 rings (SSSR count). The van der Waals surface area contributed by atoms with Gasteiger partial charge in [0.05, 0.1) is 11.8 Å². The molecular formula is C14H21ClFNO. The average molecular weight is 274 g/mol. The van der Waals surface area contributed by atoms with Gasteiger partial charge in [-0.15, -0.1) is 12.4 Å². The van der Waals surface area contributed by atoms with Gasteiger partial charge in [0.2, 0.25) is 0 Å². The SMILES string of the molecule is CC1(C)CC[C@H]([C@@H](O)c2cccc(N)c2F)C1.Cl. The summed E-state index contributed by atoms with van der Waals surface area (Å²) >= 11 is 0. The van der Waals surface area contributed by atoms with Crippen molar-refractivity contribution in [2.75, 3.05) is 5.73 Å². The monoisotopic (exact) mass is 273 g/mol. The summed E-state index contributed by atoms with van der Waals surface area (Å²) < 4.78 is 13.8. The van der Waals surface area contributed by atoms with Crippen molar-refractivity contribution in [1.82, 2.24) is 0 Å². The first-order chi connectivity index (χ1) is 7.91. The summed E-state index contributed by atoms with van der Waals surface area (Å²) in [5.41, 5.74) is 6.23. The van der Waals surface area contributed by atoms with Crippen LogP contribution in [0.3, 0.4) is 0 Å². The van der Waals surface area contributed by atoms with Gasteiger partial charge in [0, 0.05) is 5.56 Å². The van der Waals surface area contributed by atoms with E-state index in [0.717, 1.165) is 19.3 Å². The van der Waals surface area contributed by atoms with Gasteiger partial charge in [-0.05, 0) is 36.7 Å². The van der Waals surface area contributed by atoms with Crippen LogP contribution < -0.4 is 5.73 Å². The van der Waals surface area contributed by atoms with Crippen LogP contribution in [0.4, 0.5) is 10.1 Å². The number of hydrogen-bond donors (Lipinski definition) is 2. The number of anilines is 1. The molecule has 1 fully saturated rings. The Morgan fingerprint density at radius 1 is 1.44 bits per heavy atom. The number of aliphatic hydroxyl groups excluding tert-OH is 1. The van der Waals surface area contributed by atoms with E-state index in [1.165, 1.54) is 6.07 Å². The largest absolute Gasteiger partial charge is 0.396 e. The molecule has 0 aromatic heterocycles. The summed E-state index contributed by atoms with van der Waals surface area (Å²) in [5, 5.41) is 10.3. The van der Waals surface area contributed by atoms with E-state index >= 15 is 0 Å². The normalized spacial score (nSPS) is 23.4. The van der Waals surface area contributed by atoms with Gasteiger partial charge >= 0.3 is 0 Å². The molecule has 102 valence electrons. The minimum Gasteiger partial charge on any atom is -0.396 e. The van der Waals surface area contributed by atoms with Crippen molar-refractivity contribution in [2.45, 2.75) is 39.2 Å². The number of nitrogen functional groups attached to an aromatic ring is 1. The lowest BCUT2D eigenvalue weighted by Crippen LogP contribution is -2.14. The Balaban J connectivity index is 0.00000162. The van der Waals surface area contributed by atoms with Crippen LogP contribution in [0.2, 0.25) is 0 Å². The highest BCUT2D eigenvalue weighted by Crippen LogP contribution is 2.46. The predicted molar refractivity (Wildman–Crippen MR) is 74.1 cm³/mol. The van der Waals surface area contributed by atoms with Gasteiger partial charge in [-0.25, -0.2) is 4.39 Å². The van der Waals surface area contributed by atoms with Gasteiger partial charge in [0.15, 0.2) is 5.82 Å². The Morgan fingerprint density at radius 2 is 2.11 bits per heavy atom. The Morgan fingerprint density at radius 3 is 2.67 bits per heavy atom. The fraction of sp³-hybridized carbons (Fsp3) is 0.571. The van der Waals surface area contributed by atoms with E-state index in [0.29, 0.717) is 5.56 Å². The maximum atomic E-state index is 13.8. The summed E-state index contributed by atoms with van der Waals surface area (Å²) in [5.74, 6) is -0.328. The first kappa shape index (κ1) is 15.3. The third-order valence-corrected chi connectivity index (χ3v) is 3.83. The molecule has 0 aliphatic heterocycles. The molecule has 1 aliphatic carbocycles. The van der Waals surface area contributed by atoms with Crippen molar-refractivity contribution < 1.29 is 9.50 Å². The van der Waals surface area contributed by atoms with Crippen LogP contribution in [0, 0.1) is 17.2 Å². The van der Waals surface area contributed by atoms with Gasteiger partial charge < -0.3 is 10.8 Å². The van der Waals surface area contributed by atoms with Gasteiger partial charge in [-0.3, -0.25) is 0 Å². The van der Waals surface area contributed by atoms with E-state index in [2.05, 4.69) is 13.8 Å². The summed E-state index contributed by atoms with van der Waals surface area (Å²) in [7, 11) is 0. The first-order valence-electron chi connectivity index (χ1n) is 6.13. The van der Waals surface area contributed by atoms with Crippen molar-refractivity contribution in [2.24, 2.45) is 11.3 Å². The van der Waals surface area contributed by atoms with Crippen LogP contribution in [0.1, 0.15) is 44.8 Å². The zero-order chi connectivity index (χ0) is 12.6. The highest BCUT2D eigenvalue weighted by molar-refractivity contribution is 5.85. The van der Waals surface area contributed by atoms with Crippen LogP contribution in [0.15, 0.2) is 18.2 Å². The van der Waals surface area contributed by atoms with Crippen LogP contribution in [0.25, 0.3) is 0 Å². The molecule has 0 saturated heterocycles. The van der Waals surface area contributed by atoms with E-state index in [1.807, 2.05) is 0 Å². The molecule has 2 nitrogen and oxygen atoms in total. The molecule has 0 radical (unpaired) electrons.